The van der Waals surface area contributed by atoms with E-state index in [0.717, 1.165) is 30.0 Å². The van der Waals surface area contributed by atoms with E-state index >= 15 is 0 Å². The predicted octanol–water partition coefficient (Wildman–Crippen LogP) is 2.45. The highest BCUT2D eigenvalue weighted by Crippen LogP contribution is 2.37. The van der Waals surface area contributed by atoms with Crippen molar-refractivity contribution in [2.24, 2.45) is 5.73 Å². The summed E-state index contributed by atoms with van der Waals surface area (Å²) >= 11 is 0. The molecule has 0 fully saturated rings. The molecule has 0 saturated carbocycles. The van der Waals surface area contributed by atoms with Crippen LogP contribution in [-0.2, 0) is 0 Å². The van der Waals surface area contributed by atoms with Crippen LogP contribution in [0.5, 0.6) is 5.75 Å². The van der Waals surface area contributed by atoms with Gasteiger partial charge in [0.1, 0.15) is 11.9 Å². The second-order valence-electron chi connectivity index (χ2n) is 5.93. The Labute approximate surface area is 121 Å². The molecule has 3 N–H and O–H groups in total. The summed E-state index contributed by atoms with van der Waals surface area (Å²) in [6.07, 6.45) is 0.583. The fourth-order valence-electron chi connectivity index (χ4n) is 2.58. The molecule has 3 unspecified atom stereocenters. The second-order valence-corrected chi connectivity index (χ2v) is 5.93. The van der Waals surface area contributed by atoms with Crippen LogP contribution in [0, 0.1) is 0 Å². The summed E-state index contributed by atoms with van der Waals surface area (Å²) in [5, 5.41) is 10.1. The van der Waals surface area contributed by atoms with Gasteiger partial charge in [0.05, 0.1) is 18.3 Å². The van der Waals surface area contributed by atoms with Crippen LogP contribution >= 0.6 is 0 Å². The molecule has 0 aliphatic carbocycles. The molecule has 3 atom stereocenters. The van der Waals surface area contributed by atoms with Gasteiger partial charge in [-0.25, -0.2) is 0 Å². The van der Waals surface area contributed by atoms with Crippen molar-refractivity contribution >= 4 is 5.69 Å². The number of anilines is 1. The highest BCUT2D eigenvalue weighted by Gasteiger charge is 2.27. The van der Waals surface area contributed by atoms with Gasteiger partial charge >= 0.3 is 0 Å². The molecule has 2 rings (SSSR count). The molecule has 1 heterocycles. The third kappa shape index (κ3) is 2.91. The van der Waals surface area contributed by atoms with Crippen LogP contribution in [0.2, 0.25) is 0 Å². The SMILES string of the molecule is CCC1CN(C(C)C)c2cc(C(O)C(C)N)ccc2O1. The van der Waals surface area contributed by atoms with Crippen molar-refractivity contribution < 1.29 is 9.84 Å². The van der Waals surface area contributed by atoms with E-state index in [2.05, 4.69) is 25.7 Å². The first-order chi connectivity index (χ1) is 9.43. The molecule has 1 aromatic rings. The largest absolute Gasteiger partial charge is 0.486 e. The van der Waals surface area contributed by atoms with E-state index in [4.69, 9.17) is 10.5 Å². The Hall–Kier alpha value is -1.26. The Bertz CT molecular complexity index is 460. The number of benzene rings is 1. The zero-order valence-corrected chi connectivity index (χ0v) is 12.8. The topological polar surface area (TPSA) is 58.7 Å². The predicted molar refractivity (Wildman–Crippen MR) is 82.2 cm³/mol. The van der Waals surface area contributed by atoms with Gasteiger partial charge in [0, 0.05) is 12.1 Å². The van der Waals surface area contributed by atoms with Gasteiger partial charge < -0.3 is 20.5 Å². The lowest BCUT2D eigenvalue weighted by atomic mass is 10.0. The summed E-state index contributed by atoms with van der Waals surface area (Å²) < 4.78 is 6.00. The number of rotatable bonds is 4. The summed E-state index contributed by atoms with van der Waals surface area (Å²) in [5.74, 6) is 0.900. The smallest absolute Gasteiger partial charge is 0.143 e. The molecule has 1 aliphatic heterocycles. The first-order valence-electron chi connectivity index (χ1n) is 7.45. The van der Waals surface area contributed by atoms with Crippen LogP contribution in [0.1, 0.15) is 45.8 Å². The molecule has 1 aliphatic rings. The summed E-state index contributed by atoms with van der Waals surface area (Å²) in [6.45, 7) is 9.20. The molecular weight excluding hydrogens is 252 g/mol. The van der Waals surface area contributed by atoms with Gasteiger partial charge in [-0.2, -0.15) is 0 Å². The number of hydrogen-bond donors (Lipinski definition) is 2. The van der Waals surface area contributed by atoms with Gasteiger partial charge in [0.15, 0.2) is 0 Å². The third-order valence-electron chi connectivity index (χ3n) is 3.90. The van der Waals surface area contributed by atoms with Crippen molar-refractivity contribution in [2.75, 3.05) is 11.4 Å². The highest BCUT2D eigenvalue weighted by molar-refractivity contribution is 5.62. The summed E-state index contributed by atoms with van der Waals surface area (Å²) in [4.78, 5) is 2.34. The van der Waals surface area contributed by atoms with Gasteiger partial charge in [0.25, 0.3) is 0 Å². The molecule has 0 bridgehead atoms. The second kappa shape index (κ2) is 6.02. The number of nitrogens with zero attached hydrogens (tertiary/aromatic N) is 1. The maximum atomic E-state index is 10.1. The third-order valence-corrected chi connectivity index (χ3v) is 3.90. The van der Waals surface area contributed by atoms with Crippen molar-refractivity contribution in [3.63, 3.8) is 0 Å². The zero-order valence-electron chi connectivity index (χ0n) is 12.8. The van der Waals surface area contributed by atoms with Crippen molar-refractivity contribution in [1.29, 1.82) is 0 Å². The molecule has 0 amide bonds. The molecule has 0 aromatic heterocycles. The molecule has 0 saturated heterocycles. The average Bonchev–Trinajstić information content (AvgIpc) is 2.44. The van der Waals surface area contributed by atoms with Gasteiger partial charge in [0.2, 0.25) is 0 Å². The monoisotopic (exact) mass is 278 g/mol. The van der Waals surface area contributed by atoms with Crippen molar-refractivity contribution in [3.8, 4) is 5.75 Å². The van der Waals surface area contributed by atoms with E-state index in [1.807, 2.05) is 25.1 Å². The van der Waals surface area contributed by atoms with Crippen molar-refractivity contribution in [2.45, 2.75) is 58.4 Å². The lowest BCUT2D eigenvalue weighted by molar-refractivity contribution is 0.152. The Morgan fingerprint density at radius 1 is 1.40 bits per heavy atom. The normalized spacial score (nSPS) is 21.4. The minimum atomic E-state index is -0.641. The number of fused-ring (bicyclic) bond motifs is 1. The van der Waals surface area contributed by atoms with E-state index in [1.165, 1.54) is 0 Å². The molecule has 4 nitrogen and oxygen atoms in total. The van der Waals surface area contributed by atoms with Gasteiger partial charge in [-0.1, -0.05) is 13.0 Å². The standard InChI is InChI=1S/C16H26N2O2/c1-5-13-9-18(10(2)3)14-8-12(16(19)11(4)17)6-7-15(14)20-13/h6-8,10-11,13,16,19H,5,9,17H2,1-4H3. The average molecular weight is 278 g/mol. The zero-order chi connectivity index (χ0) is 14.9. The molecule has 20 heavy (non-hydrogen) atoms. The molecule has 0 spiro atoms. The summed E-state index contributed by atoms with van der Waals surface area (Å²) in [7, 11) is 0. The number of aliphatic hydroxyl groups is 1. The van der Waals surface area contributed by atoms with Gasteiger partial charge in [-0.15, -0.1) is 0 Å². The fraction of sp³-hybridized carbons (Fsp3) is 0.625. The lowest BCUT2D eigenvalue weighted by Gasteiger charge is -2.39. The Balaban J connectivity index is 2.38. The van der Waals surface area contributed by atoms with E-state index < -0.39 is 6.10 Å². The molecule has 0 radical (unpaired) electrons. The van der Waals surface area contributed by atoms with Crippen LogP contribution < -0.4 is 15.4 Å². The summed E-state index contributed by atoms with van der Waals surface area (Å²) in [5.41, 5.74) is 7.69. The first kappa shape index (κ1) is 15.1. The highest BCUT2D eigenvalue weighted by atomic mass is 16.5. The quantitative estimate of drug-likeness (QED) is 0.888. The van der Waals surface area contributed by atoms with Crippen LogP contribution in [0.4, 0.5) is 5.69 Å². The molecule has 4 heteroatoms. The van der Waals surface area contributed by atoms with Crippen molar-refractivity contribution in [3.05, 3.63) is 23.8 Å². The maximum Gasteiger partial charge on any atom is 0.143 e. The number of hydrogen-bond acceptors (Lipinski definition) is 4. The number of nitrogens with two attached hydrogens (primary N) is 1. The Morgan fingerprint density at radius 3 is 2.65 bits per heavy atom. The minimum absolute atomic E-state index is 0.231. The summed E-state index contributed by atoms with van der Waals surface area (Å²) in [6, 6.07) is 5.98. The Kier molecular flexibility index (Phi) is 4.55. The molecule has 1 aromatic carbocycles. The van der Waals surface area contributed by atoms with Crippen LogP contribution in [-0.4, -0.2) is 29.8 Å². The van der Waals surface area contributed by atoms with Crippen LogP contribution in [0.15, 0.2) is 18.2 Å². The first-order valence-corrected chi connectivity index (χ1v) is 7.45. The number of ether oxygens (including phenoxy) is 1. The van der Waals surface area contributed by atoms with Crippen LogP contribution in [0.25, 0.3) is 0 Å². The van der Waals surface area contributed by atoms with E-state index in [0.29, 0.717) is 6.04 Å². The van der Waals surface area contributed by atoms with Gasteiger partial charge in [-0.05, 0) is 44.9 Å². The van der Waals surface area contributed by atoms with E-state index in [9.17, 15) is 5.11 Å². The van der Waals surface area contributed by atoms with E-state index in [1.54, 1.807) is 0 Å². The molecular formula is C16H26N2O2. The fourth-order valence-corrected chi connectivity index (χ4v) is 2.58. The lowest BCUT2D eigenvalue weighted by Crippen LogP contribution is -2.43. The Morgan fingerprint density at radius 2 is 2.10 bits per heavy atom. The minimum Gasteiger partial charge on any atom is -0.486 e. The number of aliphatic hydroxyl groups excluding tert-OH is 1. The van der Waals surface area contributed by atoms with E-state index in [-0.39, 0.29) is 12.1 Å². The van der Waals surface area contributed by atoms with Crippen LogP contribution in [0.3, 0.4) is 0 Å². The van der Waals surface area contributed by atoms with Crippen molar-refractivity contribution in [1.82, 2.24) is 0 Å². The maximum absolute atomic E-state index is 10.1. The molecule has 112 valence electrons. The van der Waals surface area contributed by atoms with Gasteiger partial charge in [-0.3, -0.25) is 0 Å².